The van der Waals surface area contributed by atoms with E-state index in [-0.39, 0.29) is 6.54 Å². The summed E-state index contributed by atoms with van der Waals surface area (Å²) in [7, 11) is 0. The van der Waals surface area contributed by atoms with E-state index in [1.807, 2.05) is 6.92 Å². The number of nitrogens with zero attached hydrogens (tertiary/aromatic N) is 1. The molecular weight excluding hydrogens is 245 g/mol. The van der Waals surface area contributed by atoms with Crippen LogP contribution in [0.1, 0.15) is 24.5 Å². The summed E-state index contributed by atoms with van der Waals surface area (Å²) in [6.07, 6.45) is -3.27. The van der Waals surface area contributed by atoms with Crippen LogP contribution in [0.15, 0.2) is 23.4 Å². The standard InChI is InChI=1S/C12H15F3N2O/c1-2-16-11-8-10(12(13,14)15)6-5-9(11)4-3-7-17-18/h5-6,8,16H,2-4,7H2,1H3. The summed E-state index contributed by atoms with van der Waals surface area (Å²) >= 11 is 0. The lowest BCUT2D eigenvalue weighted by Gasteiger charge is -2.14. The van der Waals surface area contributed by atoms with E-state index in [0.29, 0.717) is 25.1 Å². The van der Waals surface area contributed by atoms with Gasteiger partial charge >= 0.3 is 6.18 Å². The van der Waals surface area contributed by atoms with E-state index < -0.39 is 11.7 Å². The number of nitrogens with one attached hydrogen (secondary N) is 1. The van der Waals surface area contributed by atoms with Gasteiger partial charge in [-0.25, -0.2) is 0 Å². The average molecular weight is 260 g/mol. The largest absolute Gasteiger partial charge is 0.416 e. The molecule has 0 spiro atoms. The molecule has 0 heterocycles. The molecule has 1 aromatic rings. The molecule has 0 aliphatic heterocycles. The van der Waals surface area contributed by atoms with Crippen molar-refractivity contribution in [1.29, 1.82) is 0 Å². The summed E-state index contributed by atoms with van der Waals surface area (Å²) in [5, 5.41) is 5.64. The van der Waals surface area contributed by atoms with Gasteiger partial charge in [-0.15, -0.1) is 0 Å². The smallest absolute Gasteiger partial charge is 0.385 e. The third kappa shape index (κ3) is 4.01. The van der Waals surface area contributed by atoms with Gasteiger partial charge in [0.25, 0.3) is 0 Å². The maximum Gasteiger partial charge on any atom is 0.416 e. The molecule has 0 amide bonds. The van der Waals surface area contributed by atoms with Crippen molar-refractivity contribution in [2.75, 3.05) is 18.4 Å². The second kappa shape index (κ2) is 6.37. The van der Waals surface area contributed by atoms with Gasteiger partial charge in [0.1, 0.15) is 0 Å². The minimum absolute atomic E-state index is 0.173. The number of alkyl halides is 3. The molecule has 0 saturated carbocycles. The fraction of sp³-hybridized carbons (Fsp3) is 0.500. The Morgan fingerprint density at radius 2 is 2.06 bits per heavy atom. The van der Waals surface area contributed by atoms with Crippen molar-refractivity contribution in [2.45, 2.75) is 25.9 Å². The molecule has 0 bridgehead atoms. The molecule has 1 N–H and O–H groups in total. The Kier molecular flexibility index (Phi) is 5.12. The summed E-state index contributed by atoms with van der Waals surface area (Å²) in [5.41, 5.74) is 0.572. The fourth-order valence-corrected chi connectivity index (χ4v) is 1.66. The topological polar surface area (TPSA) is 41.5 Å². The normalized spacial score (nSPS) is 11.3. The minimum atomic E-state index is -4.34. The van der Waals surface area contributed by atoms with Crippen molar-refractivity contribution in [3.8, 4) is 0 Å². The van der Waals surface area contributed by atoms with Gasteiger partial charge in [0.05, 0.1) is 12.1 Å². The average Bonchev–Trinajstić information content (AvgIpc) is 2.30. The number of halogens is 3. The highest BCUT2D eigenvalue weighted by atomic mass is 19.4. The molecule has 0 fully saturated rings. The first-order chi connectivity index (χ1) is 8.49. The highest BCUT2D eigenvalue weighted by Crippen LogP contribution is 2.32. The molecule has 0 saturated heterocycles. The Balaban J connectivity index is 2.93. The lowest BCUT2D eigenvalue weighted by atomic mass is 10.0. The molecule has 18 heavy (non-hydrogen) atoms. The van der Waals surface area contributed by atoms with Crippen LogP contribution >= 0.6 is 0 Å². The molecule has 0 aromatic heterocycles. The zero-order valence-corrected chi connectivity index (χ0v) is 10.0. The fourth-order valence-electron chi connectivity index (χ4n) is 1.66. The van der Waals surface area contributed by atoms with Gasteiger partial charge in [-0.05, 0) is 37.5 Å². The molecule has 0 radical (unpaired) electrons. The summed E-state index contributed by atoms with van der Waals surface area (Å²) < 4.78 is 37.7. The molecule has 0 atom stereocenters. The highest BCUT2D eigenvalue weighted by molar-refractivity contribution is 5.54. The van der Waals surface area contributed by atoms with E-state index in [9.17, 15) is 18.1 Å². The van der Waals surface area contributed by atoms with Crippen molar-refractivity contribution >= 4 is 5.69 Å². The van der Waals surface area contributed by atoms with E-state index in [2.05, 4.69) is 10.5 Å². The number of aryl methyl sites for hydroxylation is 1. The van der Waals surface area contributed by atoms with E-state index in [0.717, 1.165) is 17.7 Å². The van der Waals surface area contributed by atoms with Gasteiger partial charge in [-0.3, -0.25) is 0 Å². The third-order valence-electron chi connectivity index (χ3n) is 2.50. The van der Waals surface area contributed by atoms with Crippen LogP contribution in [0.2, 0.25) is 0 Å². The minimum Gasteiger partial charge on any atom is -0.385 e. The van der Waals surface area contributed by atoms with Crippen LogP contribution < -0.4 is 5.32 Å². The monoisotopic (exact) mass is 260 g/mol. The van der Waals surface area contributed by atoms with Crippen molar-refractivity contribution in [3.63, 3.8) is 0 Å². The molecule has 0 unspecified atom stereocenters. The van der Waals surface area contributed by atoms with Crippen molar-refractivity contribution in [2.24, 2.45) is 5.18 Å². The molecule has 1 rings (SSSR count). The van der Waals surface area contributed by atoms with Crippen molar-refractivity contribution < 1.29 is 13.2 Å². The first-order valence-electron chi connectivity index (χ1n) is 5.72. The van der Waals surface area contributed by atoms with Crippen molar-refractivity contribution in [1.82, 2.24) is 0 Å². The first kappa shape index (κ1) is 14.5. The molecule has 1 aromatic carbocycles. The number of hydrogen-bond acceptors (Lipinski definition) is 3. The van der Waals surface area contributed by atoms with Crippen LogP contribution in [0, 0.1) is 4.91 Å². The Morgan fingerprint density at radius 3 is 2.61 bits per heavy atom. The maximum atomic E-state index is 12.6. The summed E-state index contributed by atoms with van der Waals surface area (Å²) in [5.74, 6) is 0. The molecule has 6 heteroatoms. The summed E-state index contributed by atoms with van der Waals surface area (Å²) in [4.78, 5) is 9.98. The molecule has 0 aliphatic carbocycles. The van der Waals surface area contributed by atoms with Crippen LogP contribution in [0.4, 0.5) is 18.9 Å². The van der Waals surface area contributed by atoms with E-state index >= 15 is 0 Å². The Labute approximate surface area is 103 Å². The number of nitroso groups, excluding NO2 is 1. The SMILES string of the molecule is CCNc1cc(C(F)(F)F)ccc1CCCN=O. The summed E-state index contributed by atoms with van der Waals surface area (Å²) in [6.45, 7) is 2.53. The number of anilines is 1. The molecular formula is C12H15F3N2O. The van der Waals surface area contributed by atoms with E-state index in [1.165, 1.54) is 6.07 Å². The van der Waals surface area contributed by atoms with Crippen LogP contribution in [0.25, 0.3) is 0 Å². The maximum absolute atomic E-state index is 12.6. The predicted molar refractivity (Wildman–Crippen MR) is 64.6 cm³/mol. The second-order valence-corrected chi connectivity index (χ2v) is 3.86. The zero-order valence-electron chi connectivity index (χ0n) is 10.0. The second-order valence-electron chi connectivity index (χ2n) is 3.86. The van der Waals surface area contributed by atoms with Crippen molar-refractivity contribution in [3.05, 3.63) is 34.2 Å². The third-order valence-corrected chi connectivity index (χ3v) is 2.50. The number of rotatable bonds is 6. The number of hydrogen-bond donors (Lipinski definition) is 1. The van der Waals surface area contributed by atoms with E-state index in [4.69, 9.17) is 0 Å². The predicted octanol–water partition coefficient (Wildman–Crippen LogP) is 3.84. The van der Waals surface area contributed by atoms with Crippen LogP contribution in [0.3, 0.4) is 0 Å². The Hall–Kier alpha value is -1.59. The Morgan fingerprint density at radius 1 is 1.33 bits per heavy atom. The number of benzene rings is 1. The quantitative estimate of drug-likeness (QED) is 0.623. The van der Waals surface area contributed by atoms with Crippen LogP contribution in [0.5, 0.6) is 0 Å². The van der Waals surface area contributed by atoms with Crippen LogP contribution in [-0.4, -0.2) is 13.1 Å². The first-order valence-corrected chi connectivity index (χ1v) is 5.72. The van der Waals surface area contributed by atoms with Gasteiger partial charge in [0.2, 0.25) is 0 Å². The zero-order chi connectivity index (χ0) is 13.6. The van der Waals surface area contributed by atoms with Gasteiger partial charge in [-0.2, -0.15) is 18.1 Å². The molecule has 3 nitrogen and oxygen atoms in total. The van der Waals surface area contributed by atoms with Gasteiger partial charge < -0.3 is 5.32 Å². The molecule has 0 aliphatic rings. The van der Waals surface area contributed by atoms with E-state index in [1.54, 1.807) is 0 Å². The lowest BCUT2D eigenvalue weighted by molar-refractivity contribution is -0.137. The summed E-state index contributed by atoms with van der Waals surface area (Å²) in [6, 6.07) is 3.61. The van der Waals surface area contributed by atoms with Gasteiger partial charge in [0, 0.05) is 12.2 Å². The lowest BCUT2D eigenvalue weighted by Crippen LogP contribution is -2.08. The van der Waals surface area contributed by atoms with Gasteiger partial charge in [-0.1, -0.05) is 11.2 Å². The van der Waals surface area contributed by atoms with Gasteiger partial charge in [0.15, 0.2) is 0 Å². The van der Waals surface area contributed by atoms with Crippen LogP contribution in [-0.2, 0) is 12.6 Å². The Bertz CT molecular complexity index is 405. The molecule has 100 valence electrons. The highest BCUT2D eigenvalue weighted by Gasteiger charge is 2.30.